The van der Waals surface area contributed by atoms with Crippen molar-refractivity contribution in [2.75, 3.05) is 0 Å². The molecule has 0 aliphatic heterocycles. The number of hydrogen-bond donors (Lipinski definition) is 2. The van der Waals surface area contributed by atoms with Crippen molar-refractivity contribution < 1.29 is 10.2 Å². The topological polar surface area (TPSA) is 40.5 Å². The zero-order chi connectivity index (χ0) is 34.6. The smallest absolute Gasteiger partial charge is 0.127 e. The van der Waals surface area contributed by atoms with Gasteiger partial charge in [-0.05, 0) is 71.9 Å². The lowest BCUT2D eigenvalue weighted by Crippen LogP contribution is -2.22. The first-order chi connectivity index (χ1) is 22.7. The van der Waals surface area contributed by atoms with Crippen LogP contribution in [0.2, 0.25) is 0 Å². The Morgan fingerprint density at radius 1 is 0.542 bits per heavy atom. The molecule has 48 heavy (non-hydrogen) atoms. The number of benzene rings is 4. The molecule has 2 N–H and O–H groups in total. The van der Waals surface area contributed by atoms with Gasteiger partial charge < -0.3 is 10.2 Å². The third-order valence-electron chi connectivity index (χ3n) is 9.88. The molecule has 1 saturated carbocycles. The van der Waals surface area contributed by atoms with E-state index in [9.17, 15) is 10.2 Å². The molecular weight excluding hydrogens is 625 g/mol. The molecule has 0 aromatic heterocycles. The number of rotatable bonds is 8. The molecular formula is C44H56O2S2. The van der Waals surface area contributed by atoms with E-state index in [0.29, 0.717) is 22.0 Å². The fraction of sp³-hybridized carbons (Fsp3) is 0.455. The summed E-state index contributed by atoms with van der Waals surface area (Å²) in [6.07, 6.45) is 7.47. The molecule has 2 atom stereocenters. The minimum Gasteiger partial charge on any atom is -0.507 e. The Kier molecular flexibility index (Phi) is 11.7. The summed E-state index contributed by atoms with van der Waals surface area (Å²) < 4.78 is 0. The SMILES string of the molecule is Cc1ccc(-c2cc(C(C)(C)C)cc(CS[C@H]3CCCCCC[C@@H]3SCc3cc(C(C)(C)C)cc(-c4ccc(C)cc4)c3O)c2O)cc1. The number of thioether (sulfide) groups is 2. The molecule has 0 radical (unpaired) electrons. The molecule has 4 heteroatoms. The largest absolute Gasteiger partial charge is 0.507 e. The Morgan fingerprint density at radius 2 is 0.896 bits per heavy atom. The summed E-state index contributed by atoms with van der Waals surface area (Å²) >= 11 is 4.05. The van der Waals surface area contributed by atoms with E-state index in [1.165, 1.54) is 60.8 Å². The van der Waals surface area contributed by atoms with Crippen LogP contribution < -0.4 is 0 Å². The molecule has 4 aromatic rings. The van der Waals surface area contributed by atoms with E-state index < -0.39 is 0 Å². The predicted molar refractivity (Wildman–Crippen MR) is 212 cm³/mol. The van der Waals surface area contributed by atoms with Gasteiger partial charge in [0.1, 0.15) is 11.5 Å². The van der Waals surface area contributed by atoms with Gasteiger partial charge in [0.25, 0.3) is 0 Å². The summed E-state index contributed by atoms with van der Waals surface area (Å²) in [6, 6.07) is 25.9. The lowest BCUT2D eigenvalue weighted by molar-refractivity contribution is 0.470. The molecule has 4 aromatic carbocycles. The summed E-state index contributed by atoms with van der Waals surface area (Å²) in [5, 5.41) is 24.3. The summed E-state index contributed by atoms with van der Waals surface area (Å²) in [6.45, 7) is 17.7. The first-order valence-electron chi connectivity index (χ1n) is 17.8. The van der Waals surface area contributed by atoms with Crippen LogP contribution in [0.3, 0.4) is 0 Å². The average Bonchev–Trinajstić information content (AvgIpc) is 3.01. The molecule has 1 aliphatic carbocycles. The highest BCUT2D eigenvalue weighted by molar-refractivity contribution is 8.03. The third kappa shape index (κ3) is 9.04. The second-order valence-corrected chi connectivity index (χ2v) is 18.4. The van der Waals surface area contributed by atoms with Crippen molar-refractivity contribution in [1.82, 2.24) is 0 Å². The fourth-order valence-electron chi connectivity index (χ4n) is 6.57. The molecule has 2 nitrogen and oxygen atoms in total. The number of aromatic hydroxyl groups is 2. The van der Waals surface area contributed by atoms with Gasteiger partial charge in [-0.15, -0.1) is 0 Å². The molecule has 0 bridgehead atoms. The predicted octanol–water partition coefficient (Wildman–Crippen LogP) is 12.9. The first kappa shape index (κ1) is 36.5. The maximum atomic E-state index is 11.7. The number of aryl methyl sites for hydroxylation is 2. The maximum Gasteiger partial charge on any atom is 0.127 e. The Hall–Kier alpha value is -2.82. The summed E-state index contributed by atoms with van der Waals surface area (Å²) in [4.78, 5) is 0. The Bertz CT molecular complexity index is 1550. The minimum absolute atomic E-state index is 0.0216. The van der Waals surface area contributed by atoms with Gasteiger partial charge in [0.2, 0.25) is 0 Å². The zero-order valence-electron chi connectivity index (χ0n) is 30.5. The van der Waals surface area contributed by atoms with Crippen LogP contribution in [0, 0.1) is 13.8 Å². The van der Waals surface area contributed by atoms with Crippen molar-refractivity contribution >= 4 is 23.5 Å². The molecule has 0 heterocycles. The number of hydrogen-bond acceptors (Lipinski definition) is 4. The summed E-state index contributed by atoms with van der Waals surface area (Å²) in [5.74, 6) is 2.42. The van der Waals surface area contributed by atoms with Gasteiger partial charge in [0.05, 0.1) is 0 Å². The van der Waals surface area contributed by atoms with Crippen LogP contribution in [0.25, 0.3) is 22.3 Å². The average molecular weight is 681 g/mol. The third-order valence-corrected chi connectivity index (χ3v) is 13.0. The molecule has 0 amide bonds. The van der Waals surface area contributed by atoms with Gasteiger partial charge in [-0.2, -0.15) is 23.5 Å². The van der Waals surface area contributed by atoms with E-state index in [2.05, 4.69) is 128 Å². The van der Waals surface area contributed by atoms with Crippen LogP contribution >= 0.6 is 23.5 Å². The highest BCUT2D eigenvalue weighted by Crippen LogP contribution is 2.44. The van der Waals surface area contributed by atoms with Crippen molar-refractivity contribution in [1.29, 1.82) is 0 Å². The van der Waals surface area contributed by atoms with Crippen LogP contribution in [0.15, 0.2) is 72.8 Å². The van der Waals surface area contributed by atoms with Gasteiger partial charge in [0.15, 0.2) is 0 Å². The maximum absolute atomic E-state index is 11.7. The van der Waals surface area contributed by atoms with E-state index >= 15 is 0 Å². The normalized spacial score (nSPS) is 17.6. The van der Waals surface area contributed by atoms with Gasteiger partial charge in [-0.3, -0.25) is 0 Å². The molecule has 1 fully saturated rings. The minimum atomic E-state index is -0.0216. The molecule has 0 unspecified atom stereocenters. The van der Waals surface area contributed by atoms with Crippen LogP contribution in [-0.4, -0.2) is 20.7 Å². The molecule has 0 saturated heterocycles. The van der Waals surface area contributed by atoms with Crippen molar-refractivity contribution in [2.24, 2.45) is 0 Å². The van der Waals surface area contributed by atoms with E-state index in [1.54, 1.807) is 0 Å². The van der Waals surface area contributed by atoms with Crippen molar-refractivity contribution in [3.63, 3.8) is 0 Å². The second kappa shape index (κ2) is 15.4. The summed E-state index contributed by atoms with van der Waals surface area (Å²) in [5.41, 5.74) is 11.0. The van der Waals surface area contributed by atoms with E-state index in [-0.39, 0.29) is 10.8 Å². The number of phenols is 2. The van der Waals surface area contributed by atoms with E-state index in [0.717, 1.165) is 44.9 Å². The van der Waals surface area contributed by atoms with Gasteiger partial charge in [-0.25, -0.2) is 0 Å². The highest BCUT2D eigenvalue weighted by atomic mass is 32.2. The quantitative estimate of drug-likeness (QED) is 0.194. The van der Waals surface area contributed by atoms with Crippen molar-refractivity contribution in [3.8, 4) is 33.8 Å². The lowest BCUT2D eigenvalue weighted by Gasteiger charge is -2.30. The number of phenolic OH excluding ortho intramolecular Hbond substituents is 2. The van der Waals surface area contributed by atoms with Crippen LogP contribution in [0.4, 0.5) is 0 Å². The zero-order valence-corrected chi connectivity index (χ0v) is 32.1. The molecule has 256 valence electrons. The summed E-state index contributed by atoms with van der Waals surface area (Å²) in [7, 11) is 0. The van der Waals surface area contributed by atoms with E-state index in [1.807, 2.05) is 23.5 Å². The fourth-order valence-corrected chi connectivity index (χ4v) is 9.64. The molecule has 0 spiro atoms. The van der Waals surface area contributed by atoms with E-state index in [4.69, 9.17) is 0 Å². The Balaban J connectivity index is 1.41. The van der Waals surface area contributed by atoms with Crippen molar-refractivity contribution in [2.45, 2.75) is 127 Å². The van der Waals surface area contributed by atoms with Crippen LogP contribution in [0.5, 0.6) is 11.5 Å². The Morgan fingerprint density at radius 3 is 1.23 bits per heavy atom. The Labute approximate surface area is 299 Å². The van der Waals surface area contributed by atoms with Crippen molar-refractivity contribution in [3.05, 3.63) is 106 Å². The monoisotopic (exact) mass is 680 g/mol. The van der Waals surface area contributed by atoms with Crippen LogP contribution in [0.1, 0.15) is 113 Å². The second-order valence-electron chi connectivity index (χ2n) is 16.0. The van der Waals surface area contributed by atoms with Gasteiger partial charge >= 0.3 is 0 Å². The van der Waals surface area contributed by atoms with Crippen LogP contribution in [-0.2, 0) is 22.3 Å². The first-order valence-corrected chi connectivity index (χ1v) is 19.9. The lowest BCUT2D eigenvalue weighted by atomic mass is 9.84. The van der Waals surface area contributed by atoms with Gasteiger partial charge in [0, 0.05) is 44.3 Å². The molecule has 5 rings (SSSR count). The standard InChI is InChI=1S/C44H56O2S2/c1-29-15-19-31(20-16-29)37-25-35(43(3,4)5)23-33(41(37)45)27-47-39-13-11-9-10-12-14-40(39)48-28-34-24-36(44(6,7)8)26-38(42(34)46)32-21-17-30(2)18-22-32/h15-26,39-40,45-46H,9-14,27-28H2,1-8H3/t39-,40-/m0/s1. The highest BCUT2D eigenvalue weighted by Gasteiger charge is 2.27. The van der Waals surface area contributed by atoms with Gasteiger partial charge in [-0.1, -0.05) is 139 Å². The molecule has 1 aliphatic rings.